The van der Waals surface area contributed by atoms with E-state index in [1.165, 1.54) is 24.0 Å². The Morgan fingerprint density at radius 3 is 2.96 bits per heavy atom. The molecular formula is C21H26ClN5. The number of fused-ring (bicyclic) bond motifs is 2. The van der Waals surface area contributed by atoms with Crippen LogP contribution in [0, 0.1) is 5.92 Å². The van der Waals surface area contributed by atoms with Crippen molar-refractivity contribution < 1.29 is 0 Å². The maximum atomic E-state index is 6.20. The second-order valence-electron chi connectivity index (χ2n) is 8.19. The summed E-state index contributed by atoms with van der Waals surface area (Å²) in [6.45, 7) is 3.25. The molecule has 0 bridgehead atoms. The number of hydrogen-bond donors (Lipinski definition) is 2. The summed E-state index contributed by atoms with van der Waals surface area (Å²) in [6.07, 6.45) is 5.61. The van der Waals surface area contributed by atoms with E-state index in [0.29, 0.717) is 17.9 Å². The highest BCUT2D eigenvalue weighted by Gasteiger charge is 2.37. The first-order valence-electron chi connectivity index (χ1n) is 10.1. The Hall–Kier alpha value is -1.85. The maximum absolute atomic E-state index is 6.20. The van der Waals surface area contributed by atoms with Crippen LogP contribution in [0.3, 0.4) is 0 Å². The quantitative estimate of drug-likeness (QED) is 0.833. The lowest BCUT2D eigenvalue weighted by Gasteiger charge is -2.29. The molecule has 3 unspecified atom stereocenters. The van der Waals surface area contributed by atoms with E-state index in [1.54, 1.807) is 0 Å². The van der Waals surface area contributed by atoms with Gasteiger partial charge in [0.1, 0.15) is 5.82 Å². The van der Waals surface area contributed by atoms with Gasteiger partial charge in [-0.3, -0.25) is 0 Å². The number of halogens is 1. The fourth-order valence-electron chi connectivity index (χ4n) is 5.14. The van der Waals surface area contributed by atoms with Crippen LogP contribution in [0.2, 0.25) is 5.02 Å². The molecule has 5 rings (SSSR count). The molecule has 0 radical (unpaired) electrons. The number of piperidine rings is 1. The van der Waals surface area contributed by atoms with Crippen LogP contribution in [0.15, 0.2) is 24.3 Å². The topological polar surface area (TPSA) is 67.1 Å². The summed E-state index contributed by atoms with van der Waals surface area (Å²) in [5, 5.41) is 4.48. The first-order valence-corrected chi connectivity index (χ1v) is 10.4. The summed E-state index contributed by atoms with van der Waals surface area (Å²) in [5.74, 6) is 2.66. The third-order valence-electron chi connectivity index (χ3n) is 6.49. The molecule has 0 saturated carbocycles. The minimum Gasteiger partial charge on any atom is -0.368 e. The number of nitrogen functional groups attached to an aromatic ring is 1. The highest BCUT2D eigenvalue weighted by molar-refractivity contribution is 6.30. The van der Waals surface area contributed by atoms with Crippen LogP contribution in [0.1, 0.15) is 42.0 Å². The van der Waals surface area contributed by atoms with Gasteiger partial charge in [0.15, 0.2) is 0 Å². The minimum atomic E-state index is 0.401. The molecule has 1 aromatic heterocycles. The van der Waals surface area contributed by atoms with Crippen molar-refractivity contribution in [1.82, 2.24) is 15.3 Å². The number of hydrogen-bond acceptors (Lipinski definition) is 5. The maximum Gasteiger partial charge on any atom is 0.222 e. The smallest absolute Gasteiger partial charge is 0.222 e. The number of nitrogens with zero attached hydrogens (tertiary/aromatic N) is 3. The molecule has 2 aromatic rings. The Morgan fingerprint density at radius 2 is 2.11 bits per heavy atom. The first kappa shape index (κ1) is 17.3. The molecule has 27 heavy (non-hydrogen) atoms. The van der Waals surface area contributed by atoms with Crippen molar-refractivity contribution >= 4 is 23.4 Å². The zero-order chi connectivity index (χ0) is 18.4. The largest absolute Gasteiger partial charge is 0.368 e. The van der Waals surface area contributed by atoms with Crippen LogP contribution in [0.4, 0.5) is 11.8 Å². The van der Waals surface area contributed by atoms with Crippen LogP contribution in [0.5, 0.6) is 0 Å². The molecule has 2 aliphatic heterocycles. The molecule has 1 aromatic carbocycles. The van der Waals surface area contributed by atoms with Gasteiger partial charge in [0.05, 0.1) is 5.69 Å². The molecule has 2 fully saturated rings. The van der Waals surface area contributed by atoms with Crippen molar-refractivity contribution in [2.75, 3.05) is 30.3 Å². The number of aromatic nitrogens is 2. The summed E-state index contributed by atoms with van der Waals surface area (Å²) in [4.78, 5) is 11.8. The van der Waals surface area contributed by atoms with Crippen molar-refractivity contribution in [2.45, 2.75) is 44.1 Å². The van der Waals surface area contributed by atoms with E-state index in [2.05, 4.69) is 32.3 Å². The van der Waals surface area contributed by atoms with E-state index in [1.807, 2.05) is 12.1 Å². The summed E-state index contributed by atoms with van der Waals surface area (Å²) in [5.41, 5.74) is 9.84. The van der Waals surface area contributed by atoms with Crippen LogP contribution in [0.25, 0.3) is 0 Å². The summed E-state index contributed by atoms with van der Waals surface area (Å²) in [7, 11) is 0. The second-order valence-corrected chi connectivity index (χ2v) is 8.63. The van der Waals surface area contributed by atoms with Crippen molar-refractivity contribution in [1.29, 1.82) is 0 Å². The molecule has 3 atom stereocenters. The third-order valence-corrected chi connectivity index (χ3v) is 6.72. The van der Waals surface area contributed by atoms with E-state index < -0.39 is 0 Å². The van der Waals surface area contributed by atoms with Gasteiger partial charge in [-0.25, -0.2) is 4.98 Å². The standard InChI is InChI=1S/C21H26ClN5/c22-16-5-1-3-13(9-16)14-6-7-17-18(10-14)25-21(23)26-20(17)27-11-15-4-2-8-24-19(15)12-27/h1,3,5,9,14-15,19,24H,2,4,6-8,10-12H2,(H2,23,25,26). The molecule has 3 aliphatic rings. The van der Waals surface area contributed by atoms with Gasteiger partial charge < -0.3 is 16.0 Å². The molecule has 142 valence electrons. The summed E-state index contributed by atoms with van der Waals surface area (Å²) in [6, 6.07) is 8.81. The SMILES string of the molecule is Nc1nc2c(c(N3CC4CCCNC4C3)n1)CCC(c1cccc(Cl)c1)C2. The third kappa shape index (κ3) is 3.27. The minimum absolute atomic E-state index is 0.401. The van der Waals surface area contributed by atoms with Crippen LogP contribution in [-0.4, -0.2) is 35.6 Å². The molecule has 3 heterocycles. The molecule has 2 saturated heterocycles. The highest BCUT2D eigenvalue weighted by atomic mass is 35.5. The number of rotatable bonds is 2. The molecule has 1 aliphatic carbocycles. The van der Waals surface area contributed by atoms with Gasteiger partial charge in [-0.1, -0.05) is 23.7 Å². The summed E-state index contributed by atoms with van der Waals surface area (Å²) >= 11 is 6.20. The van der Waals surface area contributed by atoms with Gasteiger partial charge in [-0.05, 0) is 68.2 Å². The summed E-state index contributed by atoms with van der Waals surface area (Å²) < 4.78 is 0. The Balaban J connectivity index is 1.43. The molecule has 0 amide bonds. The number of benzene rings is 1. The lowest BCUT2D eigenvalue weighted by Crippen LogP contribution is -2.40. The van der Waals surface area contributed by atoms with E-state index in [-0.39, 0.29) is 0 Å². The number of nitrogens with two attached hydrogens (primary N) is 1. The van der Waals surface area contributed by atoms with Crippen LogP contribution >= 0.6 is 11.6 Å². The van der Waals surface area contributed by atoms with Crippen LogP contribution < -0.4 is 16.0 Å². The molecule has 5 nitrogen and oxygen atoms in total. The zero-order valence-corrected chi connectivity index (χ0v) is 16.3. The van der Waals surface area contributed by atoms with Gasteiger partial charge in [0.25, 0.3) is 0 Å². The van der Waals surface area contributed by atoms with E-state index >= 15 is 0 Å². The lowest BCUT2D eigenvalue weighted by molar-refractivity contribution is 0.340. The Kier molecular flexibility index (Phi) is 4.44. The predicted octanol–water partition coefficient (Wildman–Crippen LogP) is 3.17. The highest BCUT2D eigenvalue weighted by Crippen LogP contribution is 2.38. The zero-order valence-electron chi connectivity index (χ0n) is 15.5. The monoisotopic (exact) mass is 383 g/mol. The van der Waals surface area contributed by atoms with Gasteiger partial charge in [-0.15, -0.1) is 0 Å². The van der Waals surface area contributed by atoms with Crippen LogP contribution in [-0.2, 0) is 12.8 Å². The van der Waals surface area contributed by atoms with E-state index in [4.69, 9.17) is 17.3 Å². The normalized spacial score (nSPS) is 27.3. The van der Waals surface area contributed by atoms with Gasteiger partial charge in [-0.2, -0.15) is 4.98 Å². The second kappa shape index (κ2) is 6.95. The molecular weight excluding hydrogens is 358 g/mol. The Labute approximate surface area is 165 Å². The van der Waals surface area contributed by atoms with Crippen molar-refractivity contribution in [3.63, 3.8) is 0 Å². The fraction of sp³-hybridized carbons (Fsp3) is 0.524. The Bertz CT molecular complexity index is 840. The van der Waals surface area contributed by atoms with E-state index in [0.717, 1.165) is 61.3 Å². The molecule has 3 N–H and O–H groups in total. The predicted molar refractivity (Wildman–Crippen MR) is 109 cm³/mol. The average Bonchev–Trinajstić information content (AvgIpc) is 3.11. The fourth-order valence-corrected chi connectivity index (χ4v) is 5.34. The Morgan fingerprint density at radius 1 is 1.19 bits per heavy atom. The van der Waals surface area contributed by atoms with Gasteiger partial charge >= 0.3 is 0 Å². The number of anilines is 2. The van der Waals surface area contributed by atoms with Crippen molar-refractivity contribution in [2.24, 2.45) is 5.92 Å². The van der Waals surface area contributed by atoms with Gasteiger partial charge in [0.2, 0.25) is 5.95 Å². The van der Waals surface area contributed by atoms with E-state index in [9.17, 15) is 0 Å². The lowest BCUT2D eigenvalue weighted by atomic mass is 9.82. The van der Waals surface area contributed by atoms with Crippen molar-refractivity contribution in [3.8, 4) is 0 Å². The first-order chi connectivity index (χ1) is 13.2. The van der Waals surface area contributed by atoms with Crippen molar-refractivity contribution in [3.05, 3.63) is 46.1 Å². The molecule has 0 spiro atoms. The van der Waals surface area contributed by atoms with Gasteiger partial charge in [0, 0.05) is 29.7 Å². The molecule has 6 heteroatoms. The number of nitrogens with one attached hydrogen (secondary N) is 1. The average molecular weight is 384 g/mol.